The number of ether oxygens (including phenoxy) is 1. The number of hydrogen-bond donors (Lipinski definition) is 3. The van der Waals surface area contributed by atoms with Gasteiger partial charge in [-0.1, -0.05) is 87.7 Å². The number of amides is 4. The van der Waals surface area contributed by atoms with E-state index in [-0.39, 0.29) is 35.5 Å². The van der Waals surface area contributed by atoms with Crippen molar-refractivity contribution in [1.29, 1.82) is 0 Å². The van der Waals surface area contributed by atoms with Crippen LogP contribution < -0.4 is 20.0 Å². The van der Waals surface area contributed by atoms with Crippen molar-refractivity contribution in [2.45, 2.75) is 24.2 Å². The lowest BCUT2D eigenvalue weighted by atomic mass is 9.49. The van der Waals surface area contributed by atoms with Gasteiger partial charge in [-0.25, -0.2) is 4.90 Å². The van der Waals surface area contributed by atoms with E-state index >= 15 is 4.79 Å². The fourth-order valence-electron chi connectivity index (χ4n) is 9.14. The Morgan fingerprint density at radius 3 is 2.25 bits per heavy atom. The van der Waals surface area contributed by atoms with Crippen molar-refractivity contribution in [2.24, 2.45) is 23.7 Å². The number of aromatic hydroxyl groups is 1. The zero-order valence-electron chi connectivity index (χ0n) is 27.6. The van der Waals surface area contributed by atoms with Crippen LogP contribution in [0.3, 0.4) is 0 Å². The first-order valence-corrected chi connectivity index (χ1v) is 18.0. The molecule has 52 heavy (non-hydrogen) atoms. The number of carbonyl (C=O) groups is 4. The molecule has 4 aromatic rings. The average molecular weight is 782 g/mol. The Hall–Kier alpha value is -4.75. The molecule has 3 fully saturated rings. The van der Waals surface area contributed by atoms with Gasteiger partial charge in [-0.05, 0) is 72.3 Å². The molecule has 10 nitrogen and oxygen atoms in total. The fourth-order valence-corrected chi connectivity index (χ4v) is 9.78. The number of halogens is 2. The number of rotatable bonds is 6. The predicted octanol–water partition coefficient (Wildman–Crippen LogP) is 4.86. The molecule has 262 valence electrons. The Bertz CT molecular complexity index is 2220. The highest BCUT2D eigenvalue weighted by Crippen LogP contribution is 2.66. The first-order chi connectivity index (χ1) is 25.0. The summed E-state index contributed by atoms with van der Waals surface area (Å²) in [5.41, 5.74) is 0.568. The average Bonchev–Trinajstić information content (AvgIpc) is 3.53. The zero-order valence-corrected chi connectivity index (χ0v) is 30.0. The predicted molar refractivity (Wildman–Crippen MR) is 197 cm³/mol. The maximum atomic E-state index is 15.4. The number of carbonyl (C=O) groups excluding carboxylic acids is 4. The van der Waals surface area contributed by atoms with Crippen molar-refractivity contribution in [3.8, 4) is 11.5 Å². The molecule has 2 aliphatic heterocycles. The van der Waals surface area contributed by atoms with Crippen LogP contribution in [-0.4, -0.2) is 53.0 Å². The van der Waals surface area contributed by atoms with Crippen LogP contribution in [0.1, 0.15) is 29.9 Å². The molecule has 0 aromatic heterocycles. The summed E-state index contributed by atoms with van der Waals surface area (Å²) in [6, 6.07) is 24.8. The van der Waals surface area contributed by atoms with Gasteiger partial charge in [0.05, 0.1) is 41.7 Å². The number of methoxy groups -OCH3 is 1. The molecule has 4 aliphatic rings. The van der Waals surface area contributed by atoms with E-state index in [0.717, 1.165) is 9.80 Å². The summed E-state index contributed by atoms with van der Waals surface area (Å²) in [5, 5.41) is 31.9. The van der Waals surface area contributed by atoms with Crippen LogP contribution in [0.25, 0.3) is 0 Å². The number of fused-ring (bicyclic) bond motifs is 4. The van der Waals surface area contributed by atoms with E-state index in [1.807, 2.05) is 12.1 Å². The third-order valence-electron chi connectivity index (χ3n) is 11.2. The van der Waals surface area contributed by atoms with Gasteiger partial charge in [0.1, 0.15) is 0 Å². The summed E-state index contributed by atoms with van der Waals surface area (Å²) in [4.78, 5) is 61.2. The molecule has 8 rings (SSSR count). The molecule has 2 heterocycles. The smallest absolute Gasteiger partial charge is 0.488 e. The SMILES string of the molecule is COc1cc(Br)cc(C2C3=CCC4C(=O)N(c5cccc(B(O)O)c5)C(=O)C4C3CC3C(=O)N(c4cccc(Cl)c4)C(=O)C32c2ccccc2)c1O. The van der Waals surface area contributed by atoms with Gasteiger partial charge < -0.3 is 19.9 Å². The minimum Gasteiger partial charge on any atom is -0.504 e. The third-order valence-corrected chi connectivity index (χ3v) is 11.9. The highest BCUT2D eigenvalue weighted by atomic mass is 79.9. The molecule has 0 spiro atoms. The summed E-state index contributed by atoms with van der Waals surface area (Å²) < 4.78 is 6.12. The molecular weight excluding hydrogens is 751 g/mol. The molecule has 6 atom stereocenters. The normalized spacial score (nSPS) is 26.6. The van der Waals surface area contributed by atoms with Crippen molar-refractivity contribution in [1.82, 2.24) is 0 Å². The van der Waals surface area contributed by atoms with Gasteiger partial charge in [0, 0.05) is 21.0 Å². The van der Waals surface area contributed by atoms with Crippen LogP contribution in [0.2, 0.25) is 5.02 Å². The lowest BCUT2D eigenvalue weighted by molar-refractivity contribution is -0.127. The highest BCUT2D eigenvalue weighted by Gasteiger charge is 2.70. The maximum Gasteiger partial charge on any atom is 0.488 e. The largest absolute Gasteiger partial charge is 0.504 e. The number of nitrogens with zero attached hydrogens (tertiary/aromatic N) is 2. The Morgan fingerprint density at radius 1 is 0.846 bits per heavy atom. The number of allylic oxidation sites excluding steroid dienone is 2. The molecule has 0 bridgehead atoms. The molecule has 0 radical (unpaired) electrons. The fraction of sp³-hybridized carbons (Fsp3) is 0.231. The van der Waals surface area contributed by atoms with E-state index in [2.05, 4.69) is 15.9 Å². The molecular formula is C39H31BBrClN2O8. The number of benzene rings is 4. The van der Waals surface area contributed by atoms with Crippen molar-refractivity contribution in [3.05, 3.63) is 123 Å². The van der Waals surface area contributed by atoms with Gasteiger partial charge >= 0.3 is 7.12 Å². The topological polar surface area (TPSA) is 145 Å². The van der Waals surface area contributed by atoms with Gasteiger partial charge in [0.2, 0.25) is 23.6 Å². The van der Waals surface area contributed by atoms with Gasteiger partial charge in [-0.3, -0.25) is 24.1 Å². The van der Waals surface area contributed by atoms with Crippen LogP contribution in [-0.2, 0) is 24.6 Å². The summed E-state index contributed by atoms with van der Waals surface area (Å²) in [6.45, 7) is 0. The Balaban J connectivity index is 1.37. The molecule has 13 heteroatoms. The van der Waals surface area contributed by atoms with E-state index in [4.69, 9.17) is 16.3 Å². The quantitative estimate of drug-likeness (QED) is 0.143. The lowest BCUT2D eigenvalue weighted by Crippen LogP contribution is -2.53. The Morgan fingerprint density at radius 2 is 1.56 bits per heavy atom. The Labute approximate surface area is 312 Å². The minimum absolute atomic E-state index is 0.0637. The summed E-state index contributed by atoms with van der Waals surface area (Å²) in [6.07, 6.45) is 2.12. The lowest BCUT2D eigenvalue weighted by Gasteiger charge is -2.50. The van der Waals surface area contributed by atoms with Gasteiger partial charge in [0.25, 0.3) is 0 Å². The van der Waals surface area contributed by atoms with Crippen molar-refractivity contribution >= 4 is 75.1 Å². The molecule has 4 amide bonds. The summed E-state index contributed by atoms with van der Waals surface area (Å²) in [5.74, 6) is -6.33. The van der Waals surface area contributed by atoms with Crippen LogP contribution in [0.4, 0.5) is 11.4 Å². The molecule has 2 saturated heterocycles. The van der Waals surface area contributed by atoms with E-state index < -0.39 is 65.8 Å². The van der Waals surface area contributed by atoms with Gasteiger partial charge in [0.15, 0.2) is 11.5 Å². The molecule has 4 aromatic carbocycles. The van der Waals surface area contributed by atoms with E-state index in [1.165, 1.54) is 25.3 Å². The highest BCUT2D eigenvalue weighted by molar-refractivity contribution is 9.10. The second-order valence-electron chi connectivity index (χ2n) is 13.6. The van der Waals surface area contributed by atoms with Gasteiger partial charge in [-0.15, -0.1) is 0 Å². The van der Waals surface area contributed by atoms with Crippen LogP contribution in [0, 0.1) is 23.7 Å². The summed E-state index contributed by atoms with van der Waals surface area (Å²) in [7, 11) is -0.389. The number of imide groups is 2. The van der Waals surface area contributed by atoms with Gasteiger partial charge in [-0.2, -0.15) is 0 Å². The number of phenolic OH excluding ortho intramolecular Hbond substituents is 1. The van der Waals surface area contributed by atoms with Crippen molar-refractivity contribution in [2.75, 3.05) is 16.9 Å². The van der Waals surface area contributed by atoms with Crippen molar-refractivity contribution in [3.63, 3.8) is 0 Å². The van der Waals surface area contributed by atoms with Crippen LogP contribution >= 0.6 is 27.5 Å². The molecule has 3 N–H and O–H groups in total. The van der Waals surface area contributed by atoms with E-state index in [9.17, 15) is 29.5 Å². The second-order valence-corrected chi connectivity index (χ2v) is 15.0. The molecule has 2 aliphatic carbocycles. The number of phenols is 1. The van der Waals surface area contributed by atoms with Crippen molar-refractivity contribution < 1.29 is 39.1 Å². The second kappa shape index (κ2) is 12.7. The first-order valence-electron chi connectivity index (χ1n) is 16.8. The number of anilines is 2. The number of hydrogen-bond acceptors (Lipinski definition) is 8. The monoisotopic (exact) mass is 780 g/mol. The Kier molecular flexibility index (Phi) is 8.41. The summed E-state index contributed by atoms with van der Waals surface area (Å²) >= 11 is 9.94. The standard InChI is InChI=1S/C39H31BBrClN2O8/c1-52-31-17-22(41)16-29(34(31)45)33-26-13-14-27-32(37(48)43(35(27)46)24-11-5-9-21(15-24)40(50)51)28(26)19-30-36(47)44(25-12-6-10-23(42)18-25)38(49)39(30,33)20-7-3-2-4-8-20/h2-13,15-18,27-28,30,32-33,45,50-51H,14,19H2,1H3. The maximum absolute atomic E-state index is 15.4. The third kappa shape index (κ3) is 4.92. The van der Waals surface area contributed by atoms with Crippen LogP contribution in [0.5, 0.6) is 11.5 Å². The van der Waals surface area contributed by atoms with E-state index in [0.29, 0.717) is 31.9 Å². The van der Waals surface area contributed by atoms with Crippen LogP contribution in [0.15, 0.2) is 107 Å². The first kappa shape index (κ1) is 34.3. The zero-order chi connectivity index (χ0) is 36.6. The van der Waals surface area contributed by atoms with E-state index in [1.54, 1.807) is 66.7 Å². The molecule has 6 unspecified atom stereocenters. The minimum atomic E-state index is -1.81. The molecule has 1 saturated carbocycles.